The minimum absolute atomic E-state index is 0.291. The van der Waals surface area contributed by atoms with E-state index in [-0.39, 0.29) is 0 Å². The van der Waals surface area contributed by atoms with E-state index >= 15 is 0 Å². The zero-order valence-electron chi connectivity index (χ0n) is 8.69. The number of fused-ring (bicyclic) bond motifs is 1. The van der Waals surface area contributed by atoms with Gasteiger partial charge < -0.3 is 9.84 Å². The van der Waals surface area contributed by atoms with Gasteiger partial charge in [0, 0.05) is 0 Å². The number of rotatable bonds is 2. The fraction of sp³-hybridized carbons (Fsp3) is 0.417. The van der Waals surface area contributed by atoms with Crippen molar-refractivity contribution in [1.82, 2.24) is 0 Å². The van der Waals surface area contributed by atoms with Gasteiger partial charge in [-0.2, -0.15) is 0 Å². The molecule has 0 spiro atoms. The molecule has 80 valence electrons. The molecule has 0 aromatic heterocycles. The second-order valence-corrected chi connectivity index (χ2v) is 3.81. The highest BCUT2D eigenvalue weighted by Gasteiger charge is 2.26. The van der Waals surface area contributed by atoms with Gasteiger partial charge >= 0.3 is 5.97 Å². The van der Waals surface area contributed by atoms with Gasteiger partial charge in [0.2, 0.25) is 0 Å². The van der Waals surface area contributed by atoms with Gasteiger partial charge in [0.15, 0.2) is 0 Å². The number of benzene rings is 1. The molecule has 0 aliphatic carbocycles. The van der Waals surface area contributed by atoms with Crippen LogP contribution in [0.25, 0.3) is 0 Å². The number of aryl methyl sites for hydroxylation is 1. The van der Waals surface area contributed by atoms with Crippen LogP contribution in [0.2, 0.25) is 0 Å². The highest BCUT2D eigenvalue weighted by Crippen LogP contribution is 2.31. The molecule has 15 heavy (non-hydrogen) atoms. The van der Waals surface area contributed by atoms with E-state index in [1.54, 1.807) is 0 Å². The molecule has 0 saturated carbocycles. The van der Waals surface area contributed by atoms with E-state index in [0.29, 0.717) is 13.0 Å². The number of aliphatic carboxylic acids is 1. The summed E-state index contributed by atoms with van der Waals surface area (Å²) in [4.78, 5) is 10.8. The molecule has 0 saturated heterocycles. The third-order valence-electron chi connectivity index (χ3n) is 2.80. The fourth-order valence-electron chi connectivity index (χ4n) is 1.93. The first-order valence-corrected chi connectivity index (χ1v) is 5.18. The molecule has 1 aromatic rings. The molecule has 2 rings (SSSR count). The Morgan fingerprint density at radius 3 is 3.07 bits per heavy atom. The van der Waals surface area contributed by atoms with Crippen LogP contribution in [0.5, 0.6) is 5.75 Å². The molecule has 0 bridgehead atoms. The molecule has 3 heteroatoms. The predicted octanol–water partition coefficient (Wildman–Crippen LogP) is 1.88. The zero-order chi connectivity index (χ0) is 10.8. The Hall–Kier alpha value is -1.51. The Kier molecular flexibility index (Phi) is 2.62. The smallest absolute Gasteiger partial charge is 0.310 e. The summed E-state index contributed by atoms with van der Waals surface area (Å²) in [5.74, 6) is -0.273. The van der Waals surface area contributed by atoms with E-state index in [0.717, 1.165) is 23.3 Å². The summed E-state index contributed by atoms with van der Waals surface area (Å²) in [6, 6.07) is 5.94. The fourth-order valence-corrected chi connectivity index (χ4v) is 1.93. The van der Waals surface area contributed by atoms with Gasteiger partial charge in [-0.05, 0) is 24.0 Å². The van der Waals surface area contributed by atoms with Crippen molar-refractivity contribution in [1.29, 1.82) is 0 Å². The molecule has 0 fully saturated rings. The summed E-state index contributed by atoms with van der Waals surface area (Å²) in [5.41, 5.74) is 2.18. The molecule has 1 heterocycles. The largest absolute Gasteiger partial charge is 0.492 e. The molecule has 0 radical (unpaired) electrons. The van der Waals surface area contributed by atoms with Gasteiger partial charge in [-0.15, -0.1) is 0 Å². The first-order chi connectivity index (χ1) is 7.22. The standard InChI is InChI=1S/C12H14O3/c1-2-8-4-3-5-9-6-10(12(13)14)7-15-11(8)9/h3-5,10H,2,6-7H2,1H3,(H,13,14)/t10-/m0/s1. The van der Waals surface area contributed by atoms with Crippen molar-refractivity contribution in [2.24, 2.45) is 5.92 Å². The van der Waals surface area contributed by atoms with Crippen LogP contribution in [0, 0.1) is 5.92 Å². The number of carboxylic acids is 1. The van der Waals surface area contributed by atoms with Crippen LogP contribution in [0.15, 0.2) is 18.2 Å². The molecule has 1 aliphatic heterocycles. The van der Waals surface area contributed by atoms with Crippen LogP contribution in [0.1, 0.15) is 18.1 Å². The molecule has 1 N–H and O–H groups in total. The number of ether oxygens (including phenoxy) is 1. The Morgan fingerprint density at radius 1 is 1.60 bits per heavy atom. The minimum atomic E-state index is -0.775. The van der Waals surface area contributed by atoms with Crippen LogP contribution in [-0.4, -0.2) is 17.7 Å². The maximum atomic E-state index is 10.8. The Bertz CT molecular complexity index is 384. The summed E-state index contributed by atoms with van der Waals surface area (Å²) in [5, 5.41) is 8.91. The molecule has 1 aromatic carbocycles. The van der Waals surface area contributed by atoms with Crippen LogP contribution >= 0.6 is 0 Å². The lowest BCUT2D eigenvalue weighted by Gasteiger charge is -2.24. The van der Waals surface area contributed by atoms with Crippen LogP contribution in [0.3, 0.4) is 0 Å². The summed E-state index contributed by atoms with van der Waals surface area (Å²) in [7, 11) is 0. The van der Waals surface area contributed by atoms with Crippen molar-refractivity contribution in [3.8, 4) is 5.75 Å². The number of hydrogen-bond donors (Lipinski definition) is 1. The third kappa shape index (κ3) is 1.82. The van der Waals surface area contributed by atoms with Gasteiger partial charge in [0.05, 0.1) is 5.92 Å². The van der Waals surface area contributed by atoms with Crippen LogP contribution in [-0.2, 0) is 17.6 Å². The van der Waals surface area contributed by atoms with Crippen molar-refractivity contribution in [3.63, 3.8) is 0 Å². The zero-order valence-corrected chi connectivity index (χ0v) is 8.69. The van der Waals surface area contributed by atoms with E-state index < -0.39 is 11.9 Å². The molecule has 0 unspecified atom stereocenters. The van der Waals surface area contributed by atoms with E-state index in [1.807, 2.05) is 18.2 Å². The van der Waals surface area contributed by atoms with Crippen molar-refractivity contribution < 1.29 is 14.6 Å². The predicted molar refractivity (Wildman–Crippen MR) is 56.1 cm³/mol. The Labute approximate surface area is 88.7 Å². The Balaban J connectivity index is 2.31. The van der Waals surface area contributed by atoms with Gasteiger partial charge in [-0.3, -0.25) is 4.79 Å². The number of carboxylic acid groups (broad SMARTS) is 1. The quantitative estimate of drug-likeness (QED) is 0.803. The lowest BCUT2D eigenvalue weighted by molar-refractivity contribution is -0.143. The normalized spacial score (nSPS) is 19.1. The highest BCUT2D eigenvalue weighted by molar-refractivity contribution is 5.71. The average Bonchev–Trinajstić information content (AvgIpc) is 2.27. The monoisotopic (exact) mass is 206 g/mol. The molecular formula is C12H14O3. The topological polar surface area (TPSA) is 46.5 Å². The number of hydrogen-bond acceptors (Lipinski definition) is 2. The van der Waals surface area contributed by atoms with Gasteiger partial charge in [-0.25, -0.2) is 0 Å². The van der Waals surface area contributed by atoms with E-state index in [4.69, 9.17) is 9.84 Å². The maximum Gasteiger partial charge on any atom is 0.310 e. The van der Waals surface area contributed by atoms with Crippen molar-refractivity contribution >= 4 is 5.97 Å². The van der Waals surface area contributed by atoms with Crippen molar-refractivity contribution in [3.05, 3.63) is 29.3 Å². The molecule has 1 atom stereocenters. The van der Waals surface area contributed by atoms with Crippen molar-refractivity contribution in [2.75, 3.05) is 6.61 Å². The average molecular weight is 206 g/mol. The highest BCUT2D eigenvalue weighted by atomic mass is 16.5. The lowest BCUT2D eigenvalue weighted by Crippen LogP contribution is -2.28. The second-order valence-electron chi connectivity index (χ2n) is 3.81. The summed E-state index contributed by atoms with van der Waals surface area (Å²) < 4.78 is 5.54. The first-order valence-electron chi connectivity index (χ1n) is 5.18. The second kappa shape index (κ2) is 3.93. The molecule has 0 amide bonds. The summed E-state index contributed by atoms with van der Waals surface area (Å²) in [6.07, 6.45) is 1.50. The van der Waals surface area contributed by atoms with Gasteiger partial charge in [0.25, 0.3) is 0 Å². The lowest BCUT2D eigenvalue weighted by atomic mass is 9.94. The number of para-hydroxylation sites is 1. The SMILES string of the molecule is CCc1cccc2c1OC[C@@H](C(=O)O)C2. The summed E-state index contributed by atoms with van der Waals surface area (Å²) >= 11 is 0. The molecular weight excluding hydrogens is 192 g/mol. The van der Waals surface area contributed by atoms with Gasteiger partial charge in [-0.1, -0.05) is 25.1 Å². The van der Waals surface area contributed by atoms with E-state index in [9.17, 15) is 4.79 Å². The van der Waals surface area contributed by atoms with E-state index in [2.05, 4.69) is 6.92 Å². The molecule has 3 nitrogen and oxygen atoms in total. The van der Waals surface area contributed by atoms with E-state index in [1.165, 1.54) is 0 Å². The van der Waals surface area contributed by atoms with Gasteiger partial charge in [0.1, 0.15) is 12.4 Å². The maximum absolute atomic E-state index is 10.8. The number of carbonyl (C=O) groups is 1. The first kappa shape index (κ1) is 10.0. The molecule has 1 aliphatic rings. The third-order valence-corrected chi connectivity index (χ3v) is 2.80. The van der Waals surface area contributed by atoms with Crippen molar-refractivity contribution in [2.45, 2.75) is 19.8 Å². The Morgan fingerprint density at radius 2 is 2.40 bits per heavy atom. The summed E-state index contributed by atoms with van der Waals surface area (Å²) in [6.45, 7) is 2.36. The minimum Gasteiger partial charge on any atom is -0.492 e. The van der Waals surface area contributed by atoms with Crippen LogP contribution in [0.4, 0.5) is 0 Å². The van der Waals surface area contributed by atoms with Crippen LogP contribution < -0.4 is 4.74 Å².